The van der Waals surface area contributed by atoms with Crippen molar-refractivity contribution in [1.82, 2.24) is 5.32 Å². The molecule has 0 aliphatic carbocycles. The maximum atomic E-state index is 12.8. The molecule has 0 saturated heterocycles. The highest BCUT2D eigenvalue weighted by atomic mass is 16.5. The molecule has 0 aromatic heterocycles. The van der Waals surface area contributed by atoms with E-state index in [1.165, 1.54) is 135 Å². The summed E-state index contributed by atoms with van der Waals surface area (Å²) in [5, 5.41) is 11.9. The molecule has 0 heterocycles. The van der Waals surface area contributed by atoms with Crippen molar-refractivity contribution in [3.05, 3.63) is 0 Å². The molecule has 0 aliphatic rings. The van der Waals surface area contributed by atoms with Crippen LogP contribution >= 0.6 is 0 Å². The van der Waals surface area contributed by atoms with E-state index >= 15 is 0 Å². The molecule has 7 nitrogen and oxygen atoms in total. The molecule has 0 radical (unpaired) electrons. The lowest BCUT2D eigenvalue weighted by atomic mass is 10.0. The van der Waals surface area contributed by atoms with Crippen molar-refractivity contribution in [3.63, 3.8) is 0 Å². The van der Waals surface area contributed by atoms with Crippen molar-refractivity contribution in [3.8, 4) is 0 Å². The average molecular weight is 709 g/mol. The van der Waals surface area contributed by atoms with Crippen LogP contribution in [0.3, 0.4) is 0 Å². The Morgan fingerprint density at radius 3 is 1.24 bits per heavy atom. The molecule has 0 spiro atoms. The van der Waals surface area contributed by atoms with Crippen LogP contribution in [0.5, 0.6) is 0 Å². The number of carboxylic acid groups (broad SMARTS) is 1. The minimum absolute atomic E-state index is 0.0156. The molecule has 2 unspecified atom stereocenters. The second-order valence-electron chi connectivity index (χ2n) is 15.1. The van der Waals surface area contributed by atoms with E-state index in [2.05, 4.69) is 19.2 Å². The molecule has 50 heavy (non-hydrogen) atoms. The van der Waals surface area contributed by atoms with Crippen molar-refractivity contribution in [2.24, 2.45) is 5.73 Å². The molecule has 4 N–H and O–H groups in total. The molecular weight excluding hydrogens is 624 g/mol. The van der Waals surface area contributed by atoms with E-state index in [4.69, 9.17) is 10.5 Å². The van der Waals surface area contributed by atoms with Crippen LogP contribution in [0.25, 0.3) is 0 Å². The quantitative estimate of drug-likeness (QED) is 0.0430. The number of ether oxygens (including phenoxy) is 1. The molecule has 2 atom stereocenters. The minimum atomic E-state index is -1.00. The normalized spacial score (nSPS) is 12.5. The van der Waals surface area contributed by atoms with Crippen LogP contribution in [0.4, 0.5) is 0 Å². The Hall–Kier alpha value is -1.63. The van der Waals surface area contributed by atoms with E-state index in [-0.39, 0.29) is 18.0 Å². The van der Waals surface area contributed by atoms with Crippen LogP contribution < -0.4 is 11.1 Å². The predicted molar refractivity (Wildman–Crippen MR) is 211 cm³/mol. The molecule has 0 bridgehead atoms. The molecule has 0 fully saturated rings. The first-order valence-electron chi connectivity index (χ1n) is 21.9. The van der Waals surface area contributed by atoms with Gasteiger partial charge in [-0.05, 0) is 57.9 Å². The summed E-state index contributed by atoms with van der Waals surface area (Å²) in [6.07, 6.45) is 40.0. The lowest BCUT2D eigenvalue weighted by Crippen LogP contribution is -2.40. The van der Waals surface area contributed by atoms with Crippen molar-refractivity contribution in [1.29, 1.82) is 0 Å². The number of unbranched alkanes of at least 4 members (excludes halogenated alkanes) is 26. The van der Waals surface area contributed by atoms with Gasteiger partial charge in [-0.25, -0.2) is 4.79 Å². The Kier molecular flexibility index (Phi) is 37.3. The first-order valence-corrected chi connectivity index (χ1v) is 21.9. The lowest BCUT2D eigenvalue weighted by Gasteiger charge is -2.18. The molecule has 296 valence electrons. The van der Waals surface area contributed by atoms with Gasteiger partial charge >= 0.3 is 11.9 Å². The lowest BCUT2D eigenvalue weighted by molar-refractivity contribution is -0.150. The number of rotatable bonds is 40. The standard InChI is InChI=1S/C43H84N2O5/c1-3-5-7-9-11-13-15-17-19-21-24-28-33-39(50-42(47)37-31-27-22-20-18-16-14-12-10-8-6-4-2)34-29-25-23-26-30-36-41(46)45-40(43(48)49)35-32-38-44/h39-40H,3-38,44H2,1-2H3,(H,45,46)(H,48,49). The van der Waals surface area contributed by atoms with Gasteiger partial charge in [0, 0.05) is 12.8 Å². The third-order valence-corrected chi connectivity index (χ3v) is 10.2. The maximum absolute atomic E-state index is 12.8. The van der Waals surface area contributed by atoms with Crippen LogP contribution in [0.1, 0.15) is 239 Å². The third kappa shape index (κ3) is 34.8. The smallest absolute Gasteiger partial charge is 0.326 e. The number of amides is 1. The average Bonchev–Trinajstić information content (AvgIpc) is 3.10. The molecule has 1 amide bonds. The van der Waals surface area contributed by atoms with Gasteiger partial charge in [0.1, 0.15) is 12.1 Å². The molecule has 7 heteroatoms. The van der Waals surface area contributed by atoms with Gasteiger partial charge in [0.05, 0.1) is 0 Å². The van der Waals surface area contributed by atoms with Gasteiger partial charge < -0.3 is 20.9 Å². The zero-order valence-electron chi connectivity index (χ0n) is 33.3. The summed E-state index contributed by atoms with van der Waals surface area (Å²) in [5.74, 6) is -1.21. The Bertz CT molecular complexity index is 762. The second kappa shape index (κ2) is 38.6. The molecule has 0 rings (SSSR count). The number of hydrogen-bond acceptors (Lipinski definition) is 5. The minimum Gasteiger partial charge on any atom is -0.480 e. The van der Waals surface area contributed by atoms with E-state index in [1.807, 2.05) is 0 Å². The number of esters is 1. The molecule has 0 aliphatic heterocycles. The number of nitrogens with one attached hydrogen (secondary N) is 1. The monoisotopic (exact) mass is 709 g/mol. The number of hydrogen-bond donors (Lipinski definition) is 3. The molecular formula is C43H84N2O5. The fourth-order valence-corrected chi connectivity index (χ4v) is 6.86. The Labute approximate surface area is 309 Å². The Balaban J connectivity index is 4.28. The second-order valence-corrected chi connectivity index (χ2v) is 15.1. The van der Waals surface area contributed by atoms with Crippen LogP contribution in [0, 0.1) is 0 Å². The number of aliphatic carboxylic acids is 1. The Morgan fingerprint density at radius 2 is 0.860 bits per heavy atom. The summed E-state index contributed by atoms with van der Waals surface area (Å²) < 4.78 is 6.05. The van der Waals surface area contributed by atoms with E-state index in [1.54, 1.807) is 0 Å². The first-order chi connectivity index (χ1) is 24.4. The zero-order chi connectivity index (χ0) is 36.8. The number of carboxylic acids is 1. The molecule has 0 aromatic carbocycles. The summed E-state index contributed by atoms with van der Waals surface area (Å²) in [7, 11) is 0. The van der Waals surface area contributed by atoms with Crippen LogP contribution in [0.2, 0.25) is 0 Å². The SMILES string of the molecule is CCCCCCCCCCCCCCC(=O)OC(CCCCCCCCCCCCCC)CCCCCCCC(=O)NC(CCCN)C(=O)O. The van der Waals surface area contributed by atoms with E-state index in [9.17, 15) is 19.5 Å². The molecule has 0 saturated carbocycles. The number of carbonyl (C=O) groups excluding carboxylic acids is 2. The van der Waals surface area contributed by atoms with Crippen molar-refractivity contribution in [2.45, 2.75) is 251 Å². The number of carbonyl (C=O) groups is 3. The number of nitrogens with two attached hydrogens (primary N) is 1. The fourth-order valence-electron chi connectivity index (χ4n) is 6.86. The van der Waals surface area contributed by atoms with Gasteiger partial charge in [-0.3, -0.25) is 9.59 Å². The summed E-state index contributed by atoms with van der Waals surface area (Å²) in [6, 6.07) is -0.851. The van der Waals surface area contributed by atoms with Gasteiger partial charge in [0.2, 0.25) is 5.91 Å². The highest BCUT2D eigenvalue weighted by Gasteiger charge is 2.19. The summed E-state index contributed by atoms with van der Waals surface area (Å²) in [5.41, 5.74) is 5.48. The van der Waals surface area contributed by atoms with Gasteiger partial charge in [-0.1, -0.05) is 174 Å². The van der Waals surface area contributed by atoms with Crippen molar-refractivity contribution in [2.75, 3.05) is 6.54 Å². The van der Waals surface area contributed by atoms with E-state index in [0.717, 1.165) is 64.2 Å². The highest BCUT2D eigenvalue weighted by molar-refractivity contribution is 5.83. The summed E-state index contributed by atoms with van der Waals surface area (Å²) >= 11 is 0. The third-order valence-electron chi connectivity index (χ3n) is 10.2. The van der Waals surface area contributed by atoms with Gasteiger partial charge in [-0.15, -0.1) is 0 Å². The van der Waals surface area contributed by atoms with Gasteiger partial charge in [0.25, 0.3) is 0 Å². The highest BCUT2D eigenvalue weighted by Crippen LogP contribution is 2.19. The van der Waals surface area contributed by atoms with Crippen LogP contribution in [-0.2, 0) is 19.1 Å². The largest absolute Gasteiger partial charge is 0.480 e. The summed E-state index contributed by atoms with van der Waals surface area (Å²) in [4.78, 5) is 36.3. The van der Waals surface area contributed by atoms with Gasteiger partial charge in [-0.2, -0.15) is 0 Å². The topological polar surface area (TPSA) is 119 Å². The van der Waals surface area contributed by atoms with E-state index in [0.29, 0.717) is 32.2 Å². The van der Waals surface area contributed by atoms with Crippen LogP contribution in [0.15, 0.2) is 0 Å². The van der Waals surface area contributed by atoms with E-state index < -0.39 is 12.0 Å². The maximum Gasteiger partial charge on any atom is 0.326 e. The predicted octanol–water partition coefficient (Wildman–Crippen LogP) is 12.1. The molecule has 0 aromatic rings. The Morgan fingerprint density at radius 1 is 0.500 bits per heavy atom. The van der Waals surface area contributed by atoms with Crippen LogP contribution in [-0.4, -0.2) is 41.6 Å². The van der Waals surface area contributed by atoms with Gasteiger partial charge in [0.15, 0.2) is 0 Å². The van der Waals surface area contributed by atoms with Crippen molar-refractivity contribution >= 4 is 17.8 Å². The first kappa shape index (κ1) is 48.4. The summed E-state index contributed by atoms with van der Waals surface area (Å²) in [6.45, 7) is 4.96. The van der Waals surface area contributed by atoms with Crippen molar-refractivity contribution < 1.29 is 24.2 Å². The fraction of sp³-hybridized carbons (Fsp3) is 0.930. The zero-order valence-corrected chi connectivity index (χ0v) is 33.3.